The maximum atomic E-state index is 10.9. The zero-order valence-electron chi connectivity index (χ0n) is 10.6. The third-order valence-electron chi connectivity index (χ3n) is 2.86. The zero-order chi connectivity index (χ0) is 13.8. The Hall–Kier alpha value is -2.49. The molecule has 0 heterocycles. The van der Waals surface area contributed by atoms with Gasteiger partial charge in [0.25, 0.3) is 0 Å². The number of hydrogen-bond donors (Lipinski definition) is 2. The van der Waals surface area contributed by atoms with Crippen molar-refractivity contribution in [2.24, 2.45) is 0 Å². The van der Waals surface area contributed by atoms with E-state index in [2.05, 4.69) is 0 Å². The van der Waals surface area contributed by atoms with Crippen molar-refractivity contribution in [3.63, 3.8) is 0 Å². The van der Waals surface area contributed by atoms with Crippen LogP contribution in [0.2, 0.25) is 0 Å². The first-order valence-corrected chi connectivity index (χ1v) is 5.88. The number of carbonyl (C=O) groups is 1. The number of benzene rings is 2. The lowest BCUT2D eigenvalue weighted by molar-refractivity contribution is 0.0697. The Morgan fingerprint density at radius 2 is 1.89 bits per heavy atom. The fourth-order valence-electron chi connectivity index (χ4n) is 1.90. The molecule has 0 spiro atoms. The van der Waals surface area contributed by atoms with E-state index in [-0.39, 0.29) is 11.3 Å². The number of anilines is 1. The van der Waals surface area contributed by atoms with E-state index in [0.717, 1.165) is 11.3 Å². The van der Waals surface area contributed by atoms with Crippen LogP contribution in [-0.4, -0.2) is 23.2 Å². The number of phenolic OH excluding ortho intramolecular Hbond substituents is 1. The number of hydrogen-bond acceptors (Lipinski definition) is 3. The summed E-state index contributed by atoms with van der Waals surface area (Å²) in [6.07, 6.45) is 0. The Morgan fingerprint density at radius 1 is 1.16 bits per heavy atom. The van der Waals surface area contributed by atoms with E-state index in [9.17, 15) is 9.90 Å². The molecule has 0 atom stereocenters. The van der Waals surface area contributed by atoms with Crippen molar-refractivity contribution in [3.8, 4) is 5.75 Å². The van der Waals surface area contributed by atoms with Crippen LogP contribution in [0.25, 0.3) is 0 Å². The minimum atomic E-state index is -0.937. The van der Waals surface area contributed by atoms with Crippen LogP contribution in [0.1, 0.15) is 15.9 Å². The van der Waals surface area contributed by atoms with Crippen LogP contribution < -0.4 is 4.90 Å². The van der Waals surface area contributed by atoms with Crippen molar-refractivity contribution in [1.29, 1.82) is 0 Å². The lowest BCUT2D eigenvalue weighted by Crippen LogP contribution is -2.16. The van der Waals surface area contributed by atoms with Crippen LogP contribution >= 0.6 is 0 Å². The molecule has 0 amide bonds. The van der Waals surface area contributed by atoms with E-state index >= 15 is 0 Å². The molecule has 0 aromatic heterocycles. The van der Waals surface area contributed by atoms with Gasteiger partial charge in [0.15, 0.2) is 0 Å². The predicted molar refractivity (Wildman–Crippen MR) is 73.6 cm³/mol. The Balaban J connectivity index is 2.18. The van der Waals surface area contributed by atoms with Crippen LogP contribution in [-0.2, 0) is 6.54 Å². The molecule has 2 aromatic rings. The quantitative estimate of drug-likeness (QED) is 0.884. The van der Waals surface area contributed by atoms with Crippen molar-refractivity contribution in [3.05, 3.63) is 59.7 Å². The van der Waals surface area contributed by atoms with Gasteiger partial charge in [0.1, 0.15) is 5.75 Å². The van der Waals surface area contributed by atoms with Gasteiger partial charge in [-0.25, -0.2) is 4.79 Å². The van der Waals surface area contributed by atoms with Gasteiger partial charge in [0, 0.05) is 19.3 Å². The largest absolute Gasteiger partial charge is 0.508 e. The summed E-state index contributed by atoms with van der Waals surface area (Å²) in [5.74, 6) is -0.710. The third kappa shape index (κ3) is 3.25. The van der Waals surface area contributed by atoms with Crippen molar-refractivity contribution >= 4 is 11.7 Å². The highest BCUT2D eigenvalue weighted by Gasteiger charge is 2.07. The van der Waals surface area contributed by atoms with Gasteiger partial charge in [-0.1, -0.05) is 18.2 Å². The predicted octanol–water partition coefficient (Wildman–Crippen LogP) is 2.73. The molecule has 0 aliphatic carbocycles. The van der Waals surface area contributed by atoms with E-state index in [1.54, 1.807) is 36.4 Å². The van der Waals surface area contributed by atoms with Crippen molar-refractivity contribution in [1.82, 2.24) is 0 Å². The second kappa shape index (κ2) is 5.44. The van der Waals surface area contributed by atoms with E-state index in [1.165, 1.54) is 0 Å². The monoisotopic (exact) mass is 257 g/mol. The molecular weight excluding hydrogens is 242 g/mol. The molecule has 0 fully saturated rings. The van der Waals surface area contributed by atoms with E-state index in [0.29, 0.717) is 6.54 Å². The molecule has 2 rings (SSSR count). The van der Waals surface area contributed by atoms with Gasteiger partial charge in [0.2, 0.25) is 0 Å². The van der Waals surface area contributed by atoms with Crippen molar-refractivity contribution in [2.75, 3.05) is 11.9 Å². The number of carboxylic acids is 1. The molecule has 2 N–H and O–H groups in total. The molecule has 98 valence electrons. The molecule has 4 nitrogen and oxygen atoms in total. The summed E-state index contributed by atoms with van der Waals surface area (Å²) in [6, 6.07) is 13.8. The summed E-state index contributed by atoms with van der Waals surface area (Å²) in [5.41, 5.74) is 2.05. The number of carboxylic acid groups (broad SMARTS) is 1. The second-order valence-corrected chi connectivity index (χ2v) is 4.38. The van der Waals surface area contributed by atoms with Crippen molar-refractivity contribution < 1.29 is 15.0 Å². The third-order valence-corrected chi connectivity index (χ3v) is 2.86. The first-order valence-electron chi connectivity index (χ1n) is 5.88. The molecule has 2 aromatic carbocycles. The minimum absolute atomic E-state index is 0.227. The Kier molecular flexibility index (Phi) is 3.71. The molecular formula is C15H15NO3. The summed E-state index contributed by atoms with van der Waals surface area (Å²) in [5, 5.41) is 18.4. The van der Waals surface area contributed by atoms with E-state index in [1.807, 2.05) is 24.1 Å². The Morgan fingerprint density at radius 3 is 2.58 bits per heavy atom. The van der Waals surface area contributed by atoms with Crippen molar-refractivity contribution in [2.45, 2.75) is 6.54 Å². The average Bonchev–Trinajstić information content (AvgIpc) is 2.39. The minimum Gasteiger partial charge on any atom is -0.508 e. The van der Waals surface area contributed by atoms with Crippen LogP contribution in [0.15, 0.2) is 48.5 Å². The number of nitrogens with zero attached hydrogens (tertiary/aromatic N) is 1. The van der Waals surface area contributed by atoms with Crippen LogP contribution in [0, 0.1) is 0 Å². The highest BCUT2D eigenvalue weighted by Crippen LogP contribution is 2.19. The van der Waals surface area contributed by atoms with Gasteiger partial charge in [-0.15, -0.1) is 0 Å². The normalized spacial score (nSPS) is 10.2. The fourth-order valence-corrected chi connectivity index (χ4v) is 1.90. The first kappa shape index (κ1) is 13.0. The number of aromatic hydroxyl groups is 1. The van der Waals surface area contributed by atoms with Gasteiger partial charge in [-0.05, 0) is 35.9 Å². The lowest BCUT2D eigenvalue weighted by Gasteiger charge is -2.19. The van der Waals surface area contributed by atoms with Crippen LogP contribution in [0.4, 0.5) is 5.69 Å². The van der Waals surface area contributed by atoms with Gasteiger partial charge >= 0.3 is 5.97 Å². The fraction of sp³-hybridized carbons (Fsp3) is 0.133. The first-order chi connectivity index (χ1) is 9.06. The summed E-state index contributed by atoms with van der Waals surface area (Å²) in [7, 11) is 1.88. The van der Waals surface area contributed by atoms with E-state index in [4.69, 9.17) is 5.11 Å². The van der Waals surface area contributed by atoms with Crippen LogP contribution in [0.3, 0.4) is 0 Å². The van der Waals surface area contributed by atoms with Gasteiger partial charge in [-0.2, -0.15) is 0 Å². The molecule has 19 heavy (non-hydrogen) atoms. The van der Waals surface area contributed by atoms with Gasteiger partial charge in [-0.3, -0.25) is 0 Å². The molecule has 4 heteroatoms. The summed E-state index contributed by atoms with van der Waals surface area (Å²) < 4.78 is 0. The smallest absolute Gasteiger partial charge is 0.335 e. The number of aromatic carboxylic acids is 1. The topological polar surface area (TPSA) is 60.8 Å². The van der Waals surface area contributed by atoms with E-state index < -0.39 is 5.97 Å². The molecule has 0 aliphatic heterocycles. The highest BCUT2D eigenvalue weighted by atomic mass is 16.4. The molecule has 0 unspecified atom stereocenters. The Bertz CT molecular complexity index is 595. The molecule has 0 saturated carbocycles. The number of rotatable bonds is 4. The second-order valence-electron chi connectivity index (χ2n) is 4.38. The molecule has 0 aliphatic rings. The maximum absolute atomic E-state index is 10.9. The van der Waals surface area contributed by atoms with Gasteiger partial charge < -0.3 is 15.1 Å². The molecule has 0 saturated heterocycles. The number of phenols is 1. The Labute approximate surface area is 111 Å². The average molecular weight is 257 g/mol. The van der Waals surface area contributed by atoms with Crippen LogP contribution in [0.5, 0.6) is 5.75 Å². The lowest BCUT2D eigenvalue weighted by atomic mass is 10.1. The summed E-state index contributed by atoms with van der Waals surface area (Å²) in [4.78, 5) is 12.9. The summed E-state index contributed by atoms with van der Waals surface area (Å²) >= 11 is 0. The standard InChI is InChI=1S/C15H15NO3/c1-16(10-11-4-2-7-14(17)8-11)13-6-3-5-12(9-13)15(18)19/h2-9,17H,10H2,1H3,(H,18,19). The highest BCUT2D eigenvalue weighted by molar-refractivity contribution is 5.88. The van der Waals surface area contributed by atoms with Gasteiger partial charge in [0.05, 0.1) is 5.56 Å². The summed E-state index contributed by atoms with van der Waals surface area (Å²) in [6.45, 7) is 0.595. The maximum Gasteiger partial charge on any atom is 0.335 e. The molecule has 0 bridgehead atoms. The zero-order valence-corrected chi connectivity index (χ0v) is 10.6. The molecule has 0 radical (unpaired) electrons. The SMILES string of the molecule is CN(Cc1cccc(O)c1)c1cccc(C(=O)O)c1.